The Hall–Kier alpha value is -2.77. The molecular weight excluding hydrogens is 322 g/mol. The summed E-state index contributed by atoms with van der Waals surface area (Å²) < 4.78 is 6.50. The third-order valence-corrected chi connectivity index (χ3v) is 3.99. The SMILES string of the molecule is CCCOc1ncc(-c2ccc(=O)n(CC(=O)NC3CCC3)n2)cn1. The molecule has 25 heavy (non-hydrogen) atoms. The van der Waals surface area contributed by atoms with Crippen LogP contribution in [0.15, 0.2) is 29.3 Å². The molecule has 0 radical (unpaired) electrons. The number of nitrogens with zero attached hydrogens (tertiary/aromatic N) is 4. The predicted molar refractivity (Wildman–Crippen MR) is 91.1 cm³/mol. The molecule has 1 aliphatic rings. The van der Waals surface area contributed by atoms with E-state index in [1.54, 1.807) is 18.5 Å². The summed E-state index contributed by atoms with van der Waals surface area (Å²) in [6.07, 6.45) is 7.18. The Bertz CT molecular complexity index is 784. The van der Waals surface area contributed by atoms with E-state index in [1.807, 2.05) is 6.92 Å². The van der Waals surface area contributed by atoms with Gasteiger partial charge in [-0.25, -0.2) is 14.6 Å². The number of nitrogens with one attached hydrogen (secondary N) is 1. The topological polar surface area (TPSA) is 99.0 Å². The van der Waals surface area contributed by atoms with Crippen molar-refractivity contribution in [3.63, 3.8) is 0 Å². The van der Waals surface area contributed by atoms with E-state index in [4.69, 9.17) is 4.74 Å². The monoisotopic (exact) mass is 343 g/mol. The van der Waals surface area contributed by atoms with E-state index in [-0.39, 0.29) is 24.1 Å². The smallest absolute Gasteiger partial charge is 0.316 e. The Morgan fingerprint density at radius 2 is 2.08 bits per heavy atom. The molecule has 3 rings (SSSR count). The van der Waals surface area contributed by atoms with Gasteiger partial charge >= 0.3 is 6.01 Å². The fourth-order valence-corrected chi connectivity index (χ4v) is 2.39. The van der Waals surface area contributed by atoms with Crippen LogP contribution in [0.25, 0.3) is 11.3 Å². The van der Waals surface area contributed by atoms with Crippen molar-refractivity contribution in [3.05, 3.63) is 34.9 Å². The number of rotatable bonds is 7. The van der Waals surface area contributed by atoms with Crippen LogP contribution in [-0.2, 0) is 11.3 Å². The molecule has 8 heteroatoms. The predicted octanol–water partition coefficient (Wildman–Crippen LogP) is 1.16. The number of carbonyl (C=O) groups excluding carboxylic acids is 1. The van der Waals surface area contributed by atoms with Gasteiger partial charge in [0.15, 0.2) is 0 Å². The first-order valence-corrected chi connectivity index (χ1v) is 8.48. The summed E-state index contributed by atoms with van der Waals surface area (Å²) in [5.41, 5.74) is 0.853. The van der Waals surface area contributed by atoms with Crippen LogP contribution in [0.4, 0.5) is 0 Å². The lowest BCUT2D eigenvalue weighted by Gasteiger charge is -2.26. The lowest BCUT2D eigenvalue weighted by Crippen LogP contribution is -2.42. The first-order valence-electron chi connectivity index (χ1n) is 8.48. The summed E-state index contributed by atoms with van der Waals surface area (Å²) in [5, 5.41) is 7.15. The van der Waals surface area contributed by atoms with Gasteiger partial charge in [0.05, 0.1) is 12.3 Å². The minimum Gasteiger partial charge on any atom is -0.463 e. The molecule has 0 atom stereocenters. The van der Waals surface area contributed by atoms with Gasteiger partial charge in [-0.05, 0) is 31.7 Å². The number of hydrogen-bond acceptors (Lipinski definition) is 6. The molecule has 8 nitrogen and oxygen atoms in total. The van der Waals surface area contributed by atoms with Crippen LogP contribution in [0.3, 0.4) is 0 Å². The van der Waals surface area contributed by atoms with Crippen molar-refractivity contribution < 1.29 is 9.53 Å². The minimum absolute atomic E-state index is 0.0955. The standard InChI is InChI=1S/C17H21N5O3/c1-2-8-25-17-18-9-12(10-19-17)14-6-7-16(24)22(21-14)11-15(23)20-13-4-3-5-13/h6-7,9-10,13H,2-5,8,11H2,1H3,(H,20,23). The fourth-order valence-electron chi connectivity index (χ4n) is 2.39. The zero-order chi connectivity index (χ0) is 17.6. The zero-order valence-corrected chi connectivity index (χ0v) is 14.1. The van der Waals surface area contributed by atoms with Gasteiger partial charge in [-0.15, -0.1) is 0 Å². The van der Waals surface area contributed by atoms with Crippen molar-refractivity contribution in [2.75, 3.05) is 6.61 Å². The van der Waals surface area contributed by atoms with Crippen LogP contribution in [-0.4, -0.2) is 38.3 Å². The van der Waals surface area contributed by atoms with Gasteiger partial charge in [0.25, 0.3) is 5.56 Å². The number of hydrogen-bond donors (Lipinski definition) is 1. The maximum Gasteiger partial charge on any atom is 0.316 e. The van der Waals surface area contributed by atoms with Crippen LogP contribution in [0.2, 0.25) is 0 Å². The summed E-state index contributed by atoms with van der Waals surface area (Å²) in [4.78, 5) is 32.2. The Morgan fingerprint density at radius 3 is 2.72 bits per heavy atom. The molecule has 0 saturated heterocycles. The highest BCUT2D eigenvalue weighted by Crippen LogP contribution is 2.18. The Kier molecular flexibility index (Phi) is 5.37. The molecule has 0 aromatic carbocycles. The van der Waals surface area contributed by atoms with Crippen molar-refractivity contribution in [3.8, 4) is 17.3 Å². The number of carbonyl (C=O) groups is 1. The molecule has 2 aromatic rings. The highest BCUT2D eigenvalue weighted by atomic mass is 16.5. The van der Waals surface area contributed by atoms with Gasteiger partial charge in [-0.1, -0.05) is 6.92 Å². The molecule has 0 aliphatic heterocycles. The zero-order valence-electron chi connectivity index (χ0n) is 14.1. The van der Waals surface area contributed by atoms with Crippen LogP contribution in [0.5, 0.6) is 6.01 Å². The molecule has 1 N–H and O–H groups in total. The van der Waals surface area contributed by atoms with Crippen molar-refractivity contribution in [2.45, 2.75) is 45.2 Å². The van der Waals surface area contributed by atoms with Crippen LogP contribution < -0.4 is 15.6 Å². The minimum atomic E-state index is -0.323. The quantitative estimate of drug-likeness (QED) is 0.810. The first kappa shape index (κ1) is 17.1. The lowest BCUT2D eigenvalue weighted by atomic mass is 9.93. The second-order valence-electron chi connectivity index (χ2n) is 6.01. The van der Waals surface area contributed by atoms with Gasteiger partial charge in [0, 0.05) is 30.1 Å². The third-order valence-electron chi connectivity index (χ3n) is 3.99. The maximum absolute atomic E-state index is 12.0. The lowest BCUT2D eigenvalue weighted by molar-refractivity contribution is -0.123. The number of aromatic nitrogens is 4. The van der Waals surface area contributed by atoms with E-state index in [0.717, 1.165) is 30.4 Å². The molecule has 1 aliphatic carbocycles. The second kappa shape index (κ2) is 7.87. The van der Waals surface area contributed by atoms with E-state index in [0.29, 0.717) is 23.9 Å². The first-order chi connectivity index (χ1) is 12.2. The van der Waals surface area contributed by atoms with Crippen molar-refractivity contribution in [1.82, 2.24) is 25.1 Å². The summed E-state index contributed by atoms with van der Waals surface area (Å²) in [6, 6.07) is 3.52. The van der Waals surface area contributed by atoms with Gasteiger partial charge in [0.2, 0.25) is 5.91 Å². The van der Waals surface area contributed by atoms with Crippen LogP contribution in [0.1, 0.15) is 32.6 Å². The second-order valence-corrected chi connectivity index (χ2v) is 6.01. The number of amides is 1. The number of ether oxygens (including phenoxy) is 1. The molecule has 1 fully saturated rings. The average Bonchev–Trinajstić information content (AvgIpc) is 2.59. The highest BCUT2D eigenvalue weighted by molar-refractivity contribution is 5.76. The molecule has 1 amide bonds. The van der Waals surface area contributed by atoms with E-state index >= 15 is 0 Å². The average molecular weight is 343 g/mol. The molecule has 2 heterocycles. The molecule has 0 bridgehead atoms. The van der Waals surface area contributed by atoms with Gasteiger partial charge < -0.3 is 10.1 Å². The molecular formula is C17H21N5O3. The third kappa shape index (κ3) is 4.40. The maximum atomic E-state index is 12.0. The Morgan fingerprint density at radius 1 is 1.32 bits per heavy atom. The summed E-state index contributed by atoms with van der Waals surface area (Å²) in [6.45, 7) is 2.46. The summed E-state index contributed by atoms with van der Waals surface area (Å²) in [5.74, 6) is -0.198. The van der Waals surface area contributed by atoms with E-state index < -0.39 is 0 Å². The normalized spacial score (nSPS) is 14.0. The van der Waals surface area contributed by atoms with Crippen molar-refractivity contribution in [2.24, 2.45) is 0 Å². The highest BCUT2D eigenvalue weighted by Gasteiger charge is 2.19. The Balaban J connectivity index is 1.71. The Labute approximate surface area is 145 Å². The fraction of sp³-hybridized carbons (Fsp3) is 0.471. The van der Waals surface area contributed by atoms with Crippen molar-refractivity contribution >= 4 is 5.91 Å². The summed E-state index contributed by atoms with van der Waals surface area (Å²) in [7, 11) is 0. The van der Waals surface area contributed by atoms with Crippen LogP contribution in [0, 0.1) is 0 Å². The molecule has 0 unspecified atom stereocenters. The molecule has 0 spiro atoms. The van der Waals surface area contributed by atoms with Gasteiger partial charge in [-0.3, -0.25) is 9.59 Å². The van der Waals surface area contributed by atoms with Gasteiger partial charge in [0.1, 0.15) is 6.54 Å². The molecule has 1 saturated carbocycles. The van der Waals surface area contributed by atoms with E-state index in [9.17, 15) is 9.59 Å². The molecule has 2 aromatic heterocycles. The summed E-state index contributed by atoms with van der Waals surface area (Å²) >= 11 is 0. The van der Waals surface area contributed by atoms with Gasteiger partial charge in [-0.2, -0.15) is 5.10 Å². The van der Waals surface area contributed by atoms with Crippen molar-refractivity contribution in [1.29, 1.82) is 0 Å². The largest absolute Gasteiger partial charge is 0.463 e. The van der Waals surface area contributed by atoms with E-state index in [1.165, 1.54) is 6.07 Å². The van der Waals surface area contributed by atoms with Crippen LogP contribution >= 0.6 is 0 Å². The van der Waals surface area contributed by atoms with E-state index in [2.05, 4.69) is 20.4 Å². The molecule has 132 valence electrons.